The number of hydrogen-bond donors (Lipinski definition) is 2. The van der Waals surface area contributed by atoms with Crippen LogP contribution in [0.5, 0.6) is 0 Å². The highest BCUT2D eigenvalue weighted by molar-refractivity contribution is 7.05. The first-order valence-corrected chi connectivity index (χ1v) is 7.30. The van der Waals surface area contributed by atoms with Gasteiger partial charge in [0, 0.05) is 6.42 Å². The third-order valence-corrected chi connectivity index (χ3v) is 3.85. The summed E-state index contributed by atoms with van der Waals surface area (Å²) in [5.74, 6) is 0.855. The van der Waals surface area contributed by atoms with Gasteiger partial charge >= 0.3 is 0 Å². The molecule has 1 atom stereocenters. The zero-order valence-electron chi connectivity index (χ0n) is 11.2. The van der Waals surface area contributed by atoms with Crippen LogP contribution >= 0.6 is 11.5 Å². The molecule has 2 rings (SSSR count). The van der Waals surface area contributed by atoms with Crippen LogP contribution in [-0.2, 0) is 6.42 Å². The van der Waals surface area contributed by atoms with E-state index in [0.29, 0.717) is 6.54 Å². The number of aryl methyl sites for hydroxylation is 1. The Morgan fingerprint density at radius 2 is 2.21 bits per heavy atom. The second-order valence-corrected chi connectivity index (χ2v) is 5.54. The lowest BCUT2D eigenvalue weighted by Gasteiger charge is -2.05. The van der Waals surface area contributed by atoms with Crippen LogP contribution < -0.4 is 11.5 Å². The van der Waals surface area contributed by atoms with E-state index in [1.807, 2.05) is 0 Å². The fourth-order valence-corrected chi connectivity index (χ4v) is 2.66. The summed E-state index contributed by atoms with van der Waals surface area (Å²) < 4.78 is 4.39. The fourth-order valence-electron chi connectivity index (χ4n) is 1.96. The fraction of sp³-hybridized carbons (Fsp3) is 0.429. The van der Waals surface area contributed by atoms with Gasteiger partial charge in [-0.05, 0) is 43.4 Å². The highest BCUT2D eigenvalue weighted by Crippen LogP contribution is 2.19. The van der Waals surface area contributed by atoms with E-state index in [-0.39, 0.29) is 6.04 Å². The minimum atomic E-state index is -0.0349. The molecule has 0 aliphatic carbocycles. The van der Waals surface area contributed by atoms with E-state index in [0.717, 1.165) is 30.1 Å². The lowest BCUT2D eigenvalue weighted by molar-refractivity contribution is 0.613. The number of benzene rings is 1. The Balaban J connectivity index is 2.01. The van der Waals surface area contributed by atoms with Crippen LogP contribution in [0.25, 0.3) is 0 Å². The number of nitrogens with two attached hydrogens (primary N) is 2. The van der Waals surface area contributed by atoms with Crippen molar-refractivity contribution in [3.05, 3.63) is 46.2 Å². The maximum atomic E-state index is 6.06. The molecular formula is C14H20N4S. The molecule has 1 aromatic heterocycles. The van der Waals surface area contributed by atoms with Crippen LogP contribution in [0.1, 0.15) is 40.8 Å². The second kappa shape index (κ2) is 6.75. The van der Waals surface area contributed by atoms with E-state index in [1.54, 1.807) is 0 Å². The van der Waals surface area contributed by atoms with E-state index in [1.165, 1.54) is 22.7 Å². The van der Waals surface area contributed by atoms with Gasteiger partial charge in [0.2, 0.25) is 0 Å². The molecule has 1 unspecified atom stereocenters. The molecule has 102 valence electrons. The Morgan fingerprint density at radius 1 is 1.37 bits per heavy atom. The van der Waals surface area contributed by atoms with Gasteiger partial charge < -0.3 is 11.5 Å². The van der Waals surface area contributed by atoms with Crippen LogP contribution in [0, 0.1) is 6.92 Å². The van der Waals surface area contributed by atoms with Gasteiger partial charge in [0.1, 0.15) is 10.8 Å². The average Bonchev–Trinajstić information content (AvgIpc) is 2.84. The predicted octanol–water partition coefficient (Wildman–Crippen LogP) is 2.18. The highest BCUT2D eigenvalue weighted by atomic mass is 32.1. The molecule has 0 radical (unpaired) electrons. The van der Waals surface area contributed by atoms with Gasteiger partial charge in [-0.25, -0.2) is 4.98 Å². The van der Waals surface area contributed by atoms with Crippen molar-refractivity contribution in [3.63, 3.8) is 0 Å². The summed E-state index contributed by atoms with van der Waals surface area (Å²) in [4.78, 5) is 4.53. The standard InChI is InChI=1S/C14H20N4S/c1-10-4-2-5-11(8-10)9-13-17-14(19-18-13)12(16)6-3-7-15/h2,4-5,8,12H,3,6-7,9,15-16H2,1H3. The predicted molar refractivity (Wildman–Crippen MR) is 79.1 cm³/mol. The Kier molecular flexibility index (Phi) is 5.01. The van der Waals surface area contributed by atoms with Crippen molar-refractivity contribution in [1.82, 2.24) is 9.36 Å². The first-order valence-electron chi connectivity index (χ1n) is 6.52. The first kappa shape index (κ1) is 14.1. The first-order chi connectivity index (χ1) is 9.19. The average molecular weight is 276 g/mol. The number of hydrogen-bond acceptors (Lipinski definition) is 5. The molecule has 4 N–H and O–H groups in total. The van der Waals surface area contributed by atoms with Crippen molar-refractivity contribution in [1.29, 1.82) is 0 Å². The molecule has 4 nitrogen and oxygen atoms in total. The Bertz CT molecular complexity index is 524. The topological polar surface area (TPSA) is 77.8 Å². The molecule has 0 aliphatic heterocycles. The maximum Gasteiger partial charge on any atom is 0.147 e. The monoisotopic (exact) mass is 276 g/mol. The lowest BCUT2D eigenvalue weighted by Crippen LogP contribution is -2.12. The van der Waals surface area contributed by atoms with Gasteiger partial charge in [0.05, 0.1) is 6.04 Å². The molecule has 0 aliphatic rings. The number of rotatable bonds is 6. The van der Waals surface area contributed by atoms with Gasteiger partial charge in [0.25, 0.3) is 0 Å². The Labute approximate surface area is 118 Å². The van der Waals surface area contributed by atoms with Crippen molar-refractivity contribution >= 4 is 11.5 Å². The van der Waals surface area contributed by atoms with Gasteiger partial charge in [-0.1, -0.05) is 29.8 Å². The van der Waals surface area contributed by atoms with Crippen molar-refractivity contribution < 1.29 is 0 Å². The molecule has 5 heteroatoms. The van der Waals surface area contributed by atoms with Gasteiger partial charge in [0.15, 0.2) is 0 Å². The quantitative estimate of drug-likeness (QED) is 0.847. The smallest absolute Gasteiger partial charge is 0.147 e. The second-order valence-electron chi connectivity index (χ2n) is 4.75. The highest BCUT2D eigenvalue weighted by Gasteiger charge is 2.12. The molecule has 0 saturated carbocycles. The summed E-state index contributed by atoms with van der Waals surface area (Å²) in [5.41, 5.74) is 14.0. The molecule has 0 spiro atoms. The molecule has 0 bridgehead atoms. The molecular weight excluding hydrogens is 256 g/mol. The van der Waals surface area contributed by atoms with Crippen LogP contribution in [0.4, 0.5) is 0 Å². The van der Waals surface area contributed by atoms with Crippen molar-refractivity contribution in [2.75, 3.05) is 6.54 Å². The molecule has 0 fully saturated rings. The minimum Gasteiger partial charge on any atom is -0.330 e. The van der Waals surface area contributed by atoms with Gasteiger partial charge in [-0.2, -0.15) is 4.37 Å². The maximum absolute atomic E-state index is 6.06. The number of aromatic nitrogens is 2. The van der Waals surface area contributed by atoms with Gasteiger partial charge in [-0.3, -0.25) is 0 Å². The molecule has 1 heterocycles. The van der Waals surface area contributed by atoms with Crippen LogP contribution in [0.3, 0.4) is 0 Å². The molecule has 0 amide bonds. The van der Waals surface area contributed by atoms with Gasteiger partial charge in [-0.15, -0.1) is 0 Å². The largest absolute Gasteiger partial charge is 0.330 e. The third kappa shape index (κ3) is 4.09. The van der Waals surface area contributed by atoms with Crippen molar-refractivity contribution in [2.24, 2.45) is 11.5 Å². The van der Waals surface area contributed by atoms with Crippen LogP contribution in [0.2, 0.25) is 0 Å². The lowest BCUT2D eigenvalue weighted by atomic mass is 10.1. The van der Waals surface area contributed by atoms with Crippen molar-refractivity contribution in [2.45, 2.75) is 32.2 Å². The number of nitrogens with zero attached hydrogens (tertiary/aromatic N) is 2. The van der Waals surface area contributed by atoms with E-state index in [4.69, 9.17) is 11.5 Å². The van der Waals surface area contributed by atoms with E-state index in [9.17, 15) is 0 Å². The SMILES string of the molecule is Cc1cccc(Cc2nsc(C(N)CCCN)n2)c1. The Morgan fingerprint density at radius 3 is 2.95 bits per heavy atom. The zero-order valence-corrected chi connectivity index (χ0v) is 12.0. The van der Waals surface area contributed by atoms with E-state index >= 15 is 0 Å². The summed E-state index contributed by atoms with van der Waals surface area (Å²) in [7, 11) is 0. The van der Waals surface area contributed by atoms with Crippen LogP contribution in [0.15, 0.2) is 24.3 Å². The molecule has 0 saturated heterocycles. The molecule has 2 aromatic rings. The molecule has 19 heavy (non-hydrogen) atoms. The minimum absolute atomic E-state index is 0.0349. The normalized spacial score (nSPS) is 12.6. The van der Waals surface area contributed by atoms with E-state index < -0.39 is 0 Å². The van der Waals surface area contributed by atoms with Crippen LogP contribution in [-0.4, -0.2) is 15.9 Å². The Hall–Kier alpha value is -1.30. The summed E-state index contributed by atoms with van der Waals surface area (Å²) in [6, 6.07) is 8.38. The summed E-state index contributed by atoms with van der Waals surface area (Å²) in [6.07, 6.45) is 2.56. The van der Waals surface area contributed by atoms with E-state index in [2.05, 4.69) is 40.5 Å². The molecule has 1 aromatic carbocycles. The van der Waals surface area contributed by atoms with Crippen molar-refractivity contribution in [3.8, 4) is 0 Å². The third-order valence-electron chi connectivity index (χ3n) is 2.96. The summed E-state index contributed by atoms with van der Waals surface area (Å²) >= 11 is 1.40. The summed E-state index contributed by atoms with van der Waals surface area (Å²) in [5, 5.41) is 0.913. The summed E-state index contributed by atoms with van der Waals surface area (Å²) in [6.45, 7) is 2.76. The zero-order chi connectivity index (χ0) is 13.7.